The Bertz CT molecular complexity index is 180. The number of carbonyl (C=O) groups is 1. The summed E-state index contributed by atoms with van der Waals surface area (Å²) in [5, 5.41) is 2.57. The van der Waals surface area contributed by atoms with Crippen molar-refractivity contribution in [3.8, 4) is 0 Å². The molecule has 0 aliphatic heterocycles. The van der Waals surface area contributed by atoms with Crippen LogP contribution in [0.4, 0.5) is 4.79 Å². The average Bonchev–Trinajstić information content (AvgIpc) is 2.13. The van der Waals surface area contributed by atoms with Crippen LogP contribution in [0, 0.1) is 0 Å². The maximum absolute atomic E-state index is 10.7. The summed E-state index contributed by atoms with van der Waals surface area (Å²) < 4.78 is 4.43. The molecule has 0 bridgehead atoms. The lowest BCUT2D eigenvalue weighted by Gasteiger charge is -2.20. The fraction of sp³-hybridized carbons (Fsp3) is 0.667. The van der Waals surface area contributed by atoms with Gasteiger partial charge in [-0.25, -0.2) is 4.79 Å². The third-order valence-electron chi connectivity index (χ3n) is 1.72. The Hall–Kier alpha value is -1.19. The van der Waals surface area contributed by atoms with Crippen LogP contribution in [0.15, 0.2) is 12.3 Å². The van der Waals surface area contributed by atoms with Crippen molar-refractivity contribution in [1.82, 2.24) is 10.2 Å². The number of amides is 1. The van der Waals surface area contributed by atoms with Crippen molar-refractivity contribution in [3.63, 3.8) is 0 Å². The number of carbonyl (C=O) groups excluding carboxylic acids is 1. The van der Waals surface area contributed by atoms with Crippen molar-refractivity contribution in [1.29, 1.82) is 0 Å². The van der Waals surface area contributed by atoms with E-state index in [1.165, 1.54) is 7.11 Å². The quantitative estimate of drug-likeness (QED) is 0.701. The van der Waals surface area contributed by atoms with Gasteiger partial charge in [-0.2, -0.15) is 0 Å². The highest BCUT2D eigenvalue weighted by atomic mass is 16.5. The topological polar surface area (TPSA) is 41.6 Å². The van der Waals surface area contributed by atoms with E-state index in [2.05, 4.69) is 23.6 Å². The highest BCUT2D eigenvalue weighted by molar-refractivity contribution is 5.67. The lowest BCUT2D eigenvalue weighted by Crippen LogP contribution is -2.31. The summed E-state index contributed by atoms with van der Waals surface area (Å²) in [6.45, 7) is 7.31. The van der Waals surface area contributed by atoms with Crippen LogP contribution in [0.1, 0.15) is 13.3 Å². The number of hydrogen-bond acceptors (Lipinski definition) is 3. The van der Waals surface area contributed by atoms with Crippen LogP contribution in [0.25, 0.3) is 0 Å². The van der Waals surface area contributed by atoms with Crippen LogP contribution in [0.2, 0.25) is 0 Å². The predicted molar refractivity (Wildman–Crippen MR) is 52.5 cm³/mol. The number of nitrogens with one attached hydrogen (secondary N) is 1. The molecule has 13 heavy (non-hydrogen) atoms. The normalized spacial score (nSPS) is 9.15. The number of nitrogens with zero attached hydrogens (tertiary/aromatic N) is 1. The van der Waals surface area contributed by atoms with Crippen LogP contribution in [-0.4, -0.2) is 38.2 Å². The van der Waals surface area contributed by atoms with Crippen molar-refractivity contribution >= 4 is 6.09 Å². The molecule has 0 aromatic heterocycles. The molecule has 0 saturated carbocycles. The number of rotatable bonds is 5. The summed E-state index contributed by atoms with van der Waals surface area (Å²) in [6, 6.07) is 0. The first-order valence-electron chi connectivity index (χ1n) is 4.32. The first-order chi connectivity index (χ1) is 6.11. The Morgan fingerprint density at radius 1 is 1.62 bits per heavy atom. The lowest BCUT2D eigenvalue weighted by atomic mass is 10.4. The van der Waals surface area contributed by atoms with E-state index in [0.717, 1.165) is 18.7 Å². The number of ether oxygens (including phenoxy) is 1. The first-order valence-corrected chi connectivity index (χ1v) is 4.32. The van der Waals surface area contributed by atoms with Crippen molar-refractivity contribution < 1.29 is 9.53 Å². The fourth-order valence-corrected chi connectivity index (χ4v) is 0.875. The van der Waals surface area contributed by atoms with Gasteiger partial charge in [-0.05, 0) is 6.42 Å². The largest absolute Gasteiger partial charge is 0.453 e. The smallest absolute Gasteiger partial charge is 0.407 e. The van der Waals surface area contributed by atoms with Crippen LogP contribution >= 0.6 is 0 Å². The molecule has 4 nitrogen and oxygen atoms in total. The molecule has 0 heterocycles. The number of methoxy groups -OCH3 is 1. The molecule has 0 rings (SSSR count). The van der Waals surface area contributed by atoms with Crippen molar-refractivity contribution in [2.45, 2.75) is 13.3 Å². The molecule has 0 aliphatic carbocycles. The van der Waals surface area contributed by atoms with Gasteiger partial charge in [-0.3, -0.25) is 0 Å². The van der Waals surface area contributed by atoms with E-state index < -0.39 is 6.09 Å². The summed E-state index contributed by atoms with van der Waals surface area (Å²) in [7, 11) is 3.29. The molecule has 0 saturated heterocycles. The molecule has 76 valence electrons. The van der Waals surface area contributed by atoms with Gasteiger partial charge in [0, 0.05) is 19.3 Å². The molecule has 0 atom stereocenters. The van der Waals surface area contributed by atoms with E-state index in [1.54, 1.807) is 0 Å². The fourth-order valence-electron chi connectivity index (χ4n) is 0.875. The molecule has 0 radical (unpaired) electrons. The summed E-state index contributed by atoms with van der Waals surface area (Å²) in [4.78, 5) is 12.7. The minimum absolute atomic E-state index is 0.425. The zero-order chi connectivity index (χ0) is 10.3. The standard InChI is InChI=1S/C9H18N2O2/c1-5-6-11(3)8(2)7-10-9(12)13-4/h2,5-7H2,1,3-4H3,(H,10,12). The molecular formula is C9H18N2O2. The van der Waals surface area contributed by atoms with Crippen LogP contribution in [0.5, 0.6) is 0 Å². The molecule has 0 aromatic rings. The van der Waals surface area contributed by atoms with Gasteiger partial charge in [0.15, 0.2) is 0 Å². The van der Waals surface area contributed by atoms with Crippen LogP contribution < -0.4 is 5.32 Å². The maximum atomic E-state index is 10.7. The Balaban J connectivity index is 3.67. The summed E-state index contributed by atoms with van der Waals surface area (Å²) in [5.41, 5.74) is 0.882. The summed E-state index contributed by atoms with van der Waals surface area (Å²) in [5.74, 6) is 0. The van der Waals surface area contributed by atoms with Crippen LogP contribution in [-0.2, 0) is 4.74 Å². The van der Waals surface area contributed by atoms with Crippen molar-refractivity contribution in [2.75, 3.05) is 27.2 Å². The van der Waals surface area contributed by atoms with Gasteiger partial charge >= 0.3 is 6.09 Å². The molecule has 0 aromatic carbocycles. The molecule has 1 amide bonds. The first kappa shape index (κ1) is 11.8. The second-order valence-electron chi connectivity index (χ2n) is 2.83. The highest BCUT2D eigenvalue weighted by Gasteiger charge is 2.02. The maximum Gasteiger partial charge on any atom is 0.407 e. The SMILES string of the molecule is C=C(CNC(=O)OC)N(C)CCC. The van der Waals surface area contributed by atoms with Gasteiger partial charge in [0.2, 0.25) is 0 Å². The van der Waals surface area contributed by atoms with Crippen LogP contribution in [0.3, 0.4) is 0 Å². The Labute approximate surface area is 79.6 Å². The molecular weight excluding hydrogens is 168 g/mol. The van der Waals surface area contributed by atoms with Gasteiger partial charge in [0.1, 0.15) is 0 Å². The average molecular weight is 186 g/mol. The molecule has 0 unspecified atom stereocenters. The van der Waals surface area contributed by atoms with E-state index in [1.807, 2.05) is 11.9 Å². The zero-order valence-corrected chi connectivity index (χ0v) is 8.59. The summed E-state index contributed by atoms with van der Waals surface area (Å²) in [6.07, 6.45) is 0.638. The Morgan fingerprint density at radius 3 is 2.69 bits per heavy atom. The van der Waals surface area contributed by atoms with E-state index in [-0.39, 0.29) is 0 Å². The Morgan fingerprint density at radius 2 is 2.23 bits per heavy atom. The van der Waals surface area contributed by atoms with Crippen molar-refractivity contribution in [3.05, 3.63) is 12.3 Å². The van der Waals surface area contributed by atoms with E-state index in [0.29, 0.717) is 6.54 Å². The third kappa shape index (κ3) is 5.11. The predicted octanol–water partition coefficient (Wildman–Crippen LogP) is 1.20. The minimum atomic E-state index is -0.425. The molecule has 0 aliphatic rings. The summed E-state index contributed by atoms with van der Waals surface area (Å²) >= 11 is 0. The van der Waals surface area contributed by atoms with E-state index in [9.17, 15) is 4.79 Å². The second kappa shape index (κ2) is 6.34. The third-order valence-corrected chi connectivity index (χ3v) is 1.72. The van der Waals surface area contributed by atoms with E-state index in [4.69, 9.17) is 0 Å². The molecule has 0 fully saturated rings. The minimum Gasteiger partial charge on any atom is -0.453 e. The number of hydrogen-bond donors (Lipinski definition) is 1. The Kier molecular flexibility index (Phi) is 5.76. The van der Waals surface area contributed by atoms with Gasteiger partial charge in [-0.15, -0.1) is 0 Å². The lowest BCUT2D eigenvalue weighted by molar-refractivity contribution is 0.171. The monoisotopic (exact) mass is 186 g/mol. The van der Waals surface area contributed by atoms with E-state index >= 15 is 0 Å². The molecule has 1 N–H and O–H groups in total. The van der Waals surface area contributed by atoms with Gasteiger partial charge in [-0.1, -0.05) is 13.5 Å². The number of likely N-dealkylation sites (N-methyl/N-ethyl adjacent to an activating group) is 1. The van der Waals surface area contributed by atoms with Crippen molar-refractivity contribution in [2.24, 2.45) is 0 Å². The van der Waals surface area contributed by atoms with Gasteiger partial charge in [0.05, 0.1) is 13.7 Å². The number of alkyl carbamates (subject to hydrolysis) is 1. The second-order valence-corrected chi connectivity index (χ2v) is 2.83. The molecule has 0 spiro atoms. The van der Waals surface area contributed by atoms with Gasteiger partial charge < -0.3 is 15.0 Å². The van der Waals surface area contributed by atoms with Gasteiger partial charge in [0.25, 0.3) is 0 Å². The zero-order valence-electron chi connectivity index (χ0n) is 8.59. The molecule has 4 heteroatoms. The highest BCUT2D eigenvalue weighted by Crippen LogP contribution is 1.97.